The number of carboxylic acids is 4. The zero-order valence-electron chi connectivity index (χ0n) is 13.9. The van der Waals surface area contributed by atoms with Gasteiger partial charge in [0.25, 0.3) is 0 Å². The molecule has 0 saturated heterocycles. The summed E-state index contributed by atoms with van der Waals surface area (Å²) < 4.78 is 0. The van der Waals surface area contributed by atoms with Crippen LogP contribution < -0.4 is 0 Å². The lowest BCUT2D eigenvalue weighted by molar-refractivity contribution is -0.138. The van der Waals surface area contributed by atoms with Crippen LogP contribution in [0.4, 0.5) is 0 Å². The highest BCUT2D eigenvalue weighted by Gasteiger charge is 2.06. The first kappa shape index (κ1) is 25.3. The van der Waals surface area contributed by atoms with E-state index in [1.54, 1.807) is 0 Å². The highest BCUT2D eigenvalue weighted by molar-refractivity contribution is 5.93. The number of carboxylic acid groups (broad SMARTS) is 4. The molecule has 0 aliphatic heterocycles. The van der Waals surface area contributed by atoms with E-state index in [-0.39, 0.29) is 37.2 Å². The van der Waals surface area contributed by atoms with Crippen molar-refractivity contribution in [2.24, 2.45) is 0 Å². The number of carbonyl (C=O) groups is 4. The molecule has 0 heterocycles. The largest absolute Gasteiger partial charge is 0.481 e. The fourth-order valence-corrected chi connectivity index (χ4v) is 1.25. The van der Waals surface area contributed by atoms with Crippen molar-refractivity contribution in [2.45, 2.75) is 25.7 Å². The summed E-state index contributed by atoms with van der Waals surface area (Å²) in [7, 11) is 0. The number of rotatable bonds is 8. The molecule has 10 heteroatoms. The average molecular weight is 374 g/mol. The van der Waals surface area contributed by atoms with E-state index in [2.05, 4.69) is 0 Å². The summed E-state index contributed by atoms with van der Waals surface area (Å²) in [5, 5.41) is 49.0. The Morgan fingerprint density at radius 1 is 0.692 bits per heavy atom. The minimum atomic E-state index is -1.13. The van der Waals surface area contributed by atoms with Crippen LogP contribution in [0.5, 0.6) is 0 Å². The summed E-state index contributed by atoms with van der Waals surface area (Å²) in [6.07, 6.45) is 0.845. The van der Waals surface area contributed by atoms with Gasteiger partial charge < -0.3 is 30.6 Å². The summed E-state index contributed by atoms with van der Waals surface area (Å²) in [6.45, 7) is -0.0708. The first-order valence-electron chi connectivity index (χ1n) is 7.37. The lowest BCUT2D eigenvalue weighted by Gasteiger charge is -1.95. The van der Waals surface area contributed by atoms with Crippen LogP contribution in [-0.4, -0.2) is 67.7 Å². The topological polar surface area (TPSA) is 190 Å². The molecule has 0 bridgehead atoms. The first-order chi connectivity index (χ1) is 12.1. The van der Waals surface area contributed by atoms with E-state index in [1.807, 2.05) is 0 Å². The Hall–Kier alpha value is -2.98. The van der Waals surface area contributed by atoms with E-state index < -0.39 is 23.9 Å². The maximum atomic E-state index is 10.4. The molecule has 0 radical (unpaired) electrons. The highest BCUT2D eigenvalue weighted by atomic mass is 16.4. The van der Waals surface area contributed by atoms with Crippen molar-refractivity contribution in [3.63, 3.8) is 0 Å². The molecule has 0 atom stereocenters. The third-order valence-corrected chi connectivity index (χ3v) is 2.45. The SMILES string of the molecule is O=C(O)CCCO.O=C(O)CCCO.O=C(O)c1cccc(C(=O)O)c1. The molecule has 0 aliphatic carbocycles. The van der Waals surface area contributed by atoms with Crippen LogP contribution in [0.3, 0.4) is 0 Å². The number of benzene rings is 1. The van der Waals surface area contributed by atoms with Crippen LogP contribution in [0.25, 0.3) is 0 Å². The zero-order valence-corrected chi connectivity index (χ0v) is 13.9. The third-order valence-electron chi connectivity index (χ3n) is 2.45. The Kier molecular flexibility index (Phi) is 15.1. The average Bonchev–Trinajstić information content (AvgIpc) is 2.59. The van der Waals surface area contributed by atoms with Crippen molar-refractivity contribution >= 4 is 23.9 Å². The van der Waals surface area contributed by atoms with Gasteiger partial charge in [0.2, 0.25) is 0 Å². The molecule has 1 aromatic rings. The third kappa shape index (κ3) is 15.9. The smallest absolute Gasteiger partial charge is 0.335 e. The molecule has 0 unspecified atom stereocenters. The van der Waals surface area contributed by atoms with Gasteiger partial charge in [-0.3, -0.25) is 9.59 Å². The Bertz CT molecular complexity index is 535. The van der Waals surface area contributed by atoms with E-state index >= 15 is 0 Å². The van der Waals surface area contributed by atoms with E-state index in [0.29, 0.717) is 12.8 Å². The minimum Gasteiger partial charge on any atom is -0.481 e. The molecule has 0 amide bonds. The second-order valence-corrected chi connectivity index (χ2v) is 4.63. The van der Waals surface area contributed by atoms with E-state index in [4.69, 9.17) is 30.6 Å². The lowest BCUT2D eigenvalue weighted by atomic mass is 10.1. The number of hydrogen-bond acceptors (Lipinski definition) is 6. The Morgan fingerprint density at radius 2 is 1.04 bits per heavy atom. The lowest BCUT2D eigenvalue weighted by Crippen LogP contribution is -2.01. The van der Waals surface area contributed by atoms with Gasteiger partial charge in [-0.25, -0.2) is 9.59 Å². The monoisotopic (exact) mass is 374 g/mol. The van der Waals surface area contributed by atoms with Crippen molar-refractivity contribution in [1.29, 1.82) is 0 Å². The van der Waals surface area contributed by atoms with Crippen molar-refractivity contribution in [3.05, 3.63) is 35.4 Å². The van der Waals surface area contributed by atoms with Crippen LogP contribution in [0.1, 0.15) is 46.4 Å². The molecule has 1 rings (SSSR count). The Morgan fingerprint density at radius 3 is 1.23 bits per heavy atom. The Balaban J connectivity index is 0. The van der Waals surface area contributed by atoms with Crippen LogP contribution in [0.15, 0.2) is 24.3 Å². The summed E-state index contributed by atoms with van der Waals surface area (Å²) in [6, 6.07) is 5.20. The van der Waals surface area contributed by atoms with Crippen LogP contribution in [-0.2, 0) is 9.59 Å². The van der Waals surface area contributed by atoms with Crippen molar-refractivity contribution < 1.29 is 49.8 Å². The molecular formula is C16H22O10. The molecule has 0 aliphatic rings. The normalized spacial score (nSPS) is 9.00. The van der Waals surface area contributed by atoms with Crippen molar-refractivity contribution in [1.82, 2.24) is 0 Å². The highest BCUT2D eigenvalue weighted by Crippen LogP contribution is 2.04. The van der Waals surface area contributed by atoms with Crippen LogP contribution in [0, 0.1) is 0 Å². The van der Waals surface area contributed by atoms with Gasteiger partial charge in [0.1, 0.15) is 0 Å². The molecule has 0 aromatic heterocycles. The summed E-state index contributed by atoms with van der Waals surface area (Å²) >= 11 is 0. The number of aliphatic hydroxyl groups is 2. The van der Waals surface area contributed by atoms with Crippen LogP contribution >= 0.6 is 0 Å². The van der Waals surface area contributed by atoms with E-state index in [1.165, 1.54) is 18.2 Å². The molecule has 0 fully saturated rings. The van der Waals surface area contributed by atoms with E-state index in [0.717, 1.165) is 6.07 Å². The summed E-state index contributed by atoms with van der Waals surface area (Å²) in [4.78, 5) is 40.1. The quantitative estimate of drug-likeness (QED) is 0.379. The first-order valence-corrected chi connectivity index (χ1v) is 7.37. The van der Waals surface area contributed by atoms with Gasteiger partial charge >= 0.3 is 23.9 Å². The predicted octanol–water partition coefficient (Wildman–Crippen LogP) is 0.770. The predicted molar refractivity (Wildman–Crippen MR) is 88.3 cm³/mol. The standard InChI is InChI=1S/C8H6O4.2C4H8O3/c9-7(10)5-2-1-3-6(4-5)8(11)12;2*5-3-1-2-4(6)7/h1-4H,(H,9,10)(H,11,12);2*5H,1-3H2,(H,6,7). The van der Waals surface area contributed by atoms with Gasteiger partial charge in [0.05, 0.1) is 11.1 Å². The van der Waals surface area contributed by atoms with Crippen LogP contribution in [0.2, 0.25) is 0 Å². The number of hydrogen-bond donors (Lipinski definition) is 6. The molecule has 26 heavy (non-hydrogen) atoms. The minimum absolute atomic E-state index is 0.0186. The second kappa shape index (κ2) is 15.5. The maximum Gasteiger partial charge on any atom is 0.335 e. The maximum absolute atomic E-state index is 10.4. The van der Waals surface area contributed by atoms with Gasteiger partial charge in [0, 0.05) is 26.1 Å². The fraction of sp³-hybridized carbons (Fsp3) is 0.375. The zero-order chi connectivity index (χ0) is 20.5. The summed E-state index contributed by atoms with van der Waals surface area (Å²) in [5.74, 6) is -3.96. The van der Waals surface area contributed by atoms with Gasteiger partial charge in [-0.2, -0.15) is 0 Å². The fourth-order valence-electron chi connectivity index (χ4n) is 1.25. The number of aromatic carboxylic acids is 2. The molecule has 10 nitrogen and oxygen atoms in total. The van der Waals surface area contributed by atoms with Gasteiger partial charge in [-0.05, 0) is 31.0 Å². The molecular weight excluding hydrogens is 352 g/mol. The Labute approximate surface area is 149 Å². The molecule has 6 N–H and O–H groups in total. The molecule has 0 spiro atoms. The van der Waals surface area contributed by atoms with Crippen molar-refractivity contribution in [2.75, 3.05) is 13.2 Å². The van der Waals surface area contributed by atoms with Crippen molar-refractivity contribution in [3.8, 4) is 0 Å². The molecule has 0 saturated carbocycles. The van der Waals surface area contributed by atoms with Gasteiger partial charge in [-0.15, -0.1) is 0 Å². The molecule has 1 aromatic carbocycles. The number of aliphatic hydroxyl groups excluding tert-OH is 2. The summed E-state index contributed by atoms with van der Waals surface area (Å²) in [5.41, 5.74) is -0.0372. The van der Waals surface area contributed by atoms with Gasteiger partial charge in [0.15, 0.2) is 0 Å². The van der Waals surface area contributed by atoms with Gasteiger partial charge in [-0.1, -0.05) is 6.07 Å². The number of aliphatic carboxylic acids is 2. The molecule has 146 valence electrons. The van der Waals surface area contributed by atoms with E-state index in [9.17, 15) is 19.2 Å². The second-order valence-electron chi connectivity index (χ2n) is 4.63.